The van der Waals surface area contributed by atoms with E-state index in [1.54, 1.807) is 12.0 Å². The van der Waals surface area contributed by atoms with Gasteiger partial charge in [-0.2, -0.15) is 0 Å². The SMILES string of the molecule is CCCCOc1ccc(C2c3c(oc4cc(C)c(C)cc4c3=O)C(=O)N2CC2CCCO2)cc1OC. The van der Waals surface area contributed by atoms with Crippen LogP contribution in [0.25, 0.3) is 11.0 Å². The molecule has 0 bridgehead atoms. The summed E-state index contributed by atoms with van der Waals surface area (Å²) in [6.45, 7) is 7.71. The van der Waals surface area contributed by atoms with Crippen LogP contribution < -0.4 is 14.9 Å². The standard InChI is InChI=1S/C29H33NO6/c1-5-6-11-35-22-10-9-19(15-24(22)33-4)26-25-27(31)21-13-17(2)18(3)14-23(21)36-28(25)29(32)30(26)16-20-8-7-12-34-20/h9-10,13-15,20,26H,5-8,11-12,16H2,1-4H3. The molecule has 3 heterocycles. The van der Waals surface area contributed by atoms with Gasteiger partial charge in [-0.05, 0) is 74.1 Å². The number of nitrogens with zero attached hydrogens (tertiary/aromatic N) is 1. The summed E-state index contributed by atoms with van der Waals surface area (Å²) in [5.41, 5.74) is 3.41. The van der Waals surface area contributed by atoms with Crippen molar-refractivity contribution in [2.45, 2.75) is 58.6 Å². The predicted molar refractivity (Wildman–Crippen MR) is 137 cm³/mol. The van der Waals surface area contributed by atoms with Crippen LogP contribution in [-0.2, 0) is 4.74 Å². The van der Waals surface area contributed by atoms with E-state index in [4.69, 9.17) is 18.6 Å². The summed E-state index contributed by atoms with van der Waals surface area (Å²) in [7, 11) is 1.59. The number of hydrogen-bond acceptors (Lipinski definition) is 6. The van der Waals surface area contributed by atoms with Crippen molar-refractivity contribution in [3.8, 4) is 11.5 Å². The Kier molecular flexibility index (Phi) is 6.75. The van der Waals surface area contributed by atoms with Crippen molar-refractivity contribution >= 4 is 16.9 Å². The first-order valence-corrected chi connectivity index (χ1v) is 12.7. The first-order valence-electron chi connectivity index (χ1n) is 12.7. The second kappa shape index (κ2) is 9.97. The Morgan fingerprint density at radius 1 is 1.08 bits per heavy atom. The fourth-order valence-corrected chi connectivity index (χ4v) is 5.12. The van der Waals surface area contributed by atoms with E-state index in [1.807, 2.05) is 44.2 Å². The van der Waals surface area contributed by atoms with E-state index in [0.29, 0.717) is 47.8 Å². The van der Waals surface area contributed by atoms with Crippen LogP contribution in [0.15, 0.2) is 39.5 Å². The number of carbonyl (C=O) groups excluding carboxylic acids is 1. The minimum atomic E-state index is -0.599. The lowest BCUT2D eigenvalue weighted by Gasteiger charge is -2.28. The molecule has 1 fully saturated rings. The Hall–Kier alpha value is -3.32. The first kappa shape index (κ1) is 24.4. The molecule has 2 atom stereocenters. The molecule has 1 saturated heterocycles. The third kappa shape index (κ3) is 4.26. The fourth-order valence-electron chi connectivity index (χ4n) is 5.12. The van der Waals surface area contributed by atoms with E-state index < -0.39 is 6.04 Å². The van der Waals surface area contributed by atoms with Crippen molar-refractivity contribution in [1.82, 2.24) is 4.90 Å². The average molecular weight is 492 g/mol. The zero-order chi connectivity index (χ0) is 25.4. The number of unbranched alkanes of at least 4 members (excludes halogenated alkanes) is 1. The molecule has 2 aliphatic rings. The molecule has 0 spiro atoms. The van der Waals surface area contributed by atoms with Crippen LogP contribution in [0.3, 0.4) is 0 Å². The van der Waals surface area contributed by atoms with Crippen molar-refractivity contribution in [2.75, 3.05) is 26.9 Å². The van der Waals surface area contributed by atoms with Crippen LogP contribution >= 0.6 is 0 Å². The molecule has 0 aliphatic carbocycles. The molecule has 36 heavy (non-hydrogen) atoms. The Balaban J connectivity index is 1.64. The van der Waals surface area contributed by atoms with Crippen molar-refractivity contribution < 1.29 is 23.4 Å². The normalized spacial score (nSPS) is 19.2. The molecule has 2 aliphatic heterocycles. The quantitative estimate of drug-likeness (QED) is 0.397. The van der Waals surface area contributed by atoms with E-state index in [9.17, 15) is 9.59 Å². The van der Waals surface area contributed by atoms with Crippen LogP contribution in [0.4, 0.5) is 0 Å². The second-order valence-electron chi connectivity index (χ2n) is 9.71. The maximum Gasteiger partial charge on any atom is 0.291 e. The van der Waals surface area contributed by atoms with Gasteiger partial charge >= 0.3 is 0 Å². The van der Waals surface area contributed by atoms with E-state index in [1.165, 1.54) is 0 Å². The number of methoxy groups -OCH3 is 1. The highest BCUT2D eigenvalue weighted by Gasteiger charge is 2.44. The largest absolute Gasteiger partial charge is 0.493 e. The van der Waals surface area contributed by atoms with E-state index in [2.05, 4.69) is 6.92 Å². The van der Waals surface area contributed by atoms with Gasteiger partial charge in [0.15, 0.2) is 16.9 Å². The number of hydrogen-bond donors (Lipinski definition) is 0. The lowest BCUT2D eigenvalue weighted by Crippen LogP contribution is -2.36. The van der Waals surface area contributed by atoms with Crippen molar-refractivity contribution in [3.63, 3.8) is 0 Å². The second-order valence-corrected chi connectivity index (χ2v) is 9.71. The van der Waals surface area contributed by atoms with Gasteiger partial charge in [-0.1, -0.05) is 19.4 Å². The molecule has 1 amide bonds. The molecular weight excluding hydrogens is 458 g/mol. The van der Waals surface area contributed by atoms with Crippen molar-refractivity contribution in [3.05, 3.63) is 68.6 Å². The lowest BCUT2D eigenvalue weighted by molar-refractivity contribution is 0.0486. The number of carbonyl (C=O) groups is 1. The summed E-state index contributed by atoms with van der Waals surface area (Å²) in [5, 5.41) is 0.486. The predicted octanol–water partition coefficient (Wildman–Crippen LogP) is 5.32. The van der Waals surface area contributed by atoms with Gasteiger partial charge in [0, 0.05) is 13.2 Å². The molecule has 5 rings (SSSR count). The molecule has 1 aromatic heterocycles. The van der Waals surface area contributed by atoms with Gasteiger partial charge in [-0.15, -0.1) is 0 Å². The van der Waals surface area contributed by atoms with E-state index in [0.717, 1.165) is 42.4 Å². The molecule has 0 radical (unpaired) electrons. The highest BCUT2D eigenvalue weighted by atomic mass is 16.5. The van der Waals surface area contributed by atoms with Gasteiger partial charge in [-0.3, -0.25) is 9.59 Å². The lowest BCUT2D eigenvalue weighted by atomic mass is 9.97. The maximum atomic E-state index is 13.9. The summed E-state index contributed by atoms with van der Waals surface area (Å²) in [6, 6.07) is 8.71. The smallest absolute Gasteiger partial charge is 0.291 e. The molecule has 0 N–H and O–H groups in total. The first-order chi connectivity index (χ1) is 17.4. The summed E-state index contributed by atoms with van der Waals surface area (Å²) >= 11 is 0. The number of rotatable bonds is 8. The Morgan fingerprint density at radius 3 is 2.61 bits per heavy atom. The molecular formula is C29H33NO6. The van der Waals surface area contributed by atoms with Gasteiger partial charge in [0.1, 0.15) is 5.58 Å². The molecule has 2 aromatic carbocycles. The monoisotopic (exact) mass is 491 g/mol. The molecule has 0 saturated carbocycles. The van der Waals surface area contributed by atoms with Gasteiger partial charge in [0.25, 0.3) is 5.91 Å². The molecule has 190 valence electrons. The van der Waals surface area contributed by atoms with E-state index in [-0.39, 0.29) is 23.2 Å². The topological polar surface area (TPSA) is 78.2 Å². The third-order valence-corrected chi connectivity index (χ3v) is 7.27. The van der Waals surface area contributed by atoms with Gasteiger partial charge in [0.2, 0.25) is 5.76 Å². The molecule has 7 heteroatoms. The van der Waals surface area contributed by atoms with Crippen LogP contribution in [-0.4, -0.2) is 43.8 Å². The van der Waals surface area contributed by atoms with Gasteiger partial charge < -0.3 is 23.5 Å². The molecule has 2 unspecified atom stereocenters. The molecule has 7 nitrogen and oxygen atoms in total. The minimum absolute atomic E-state index is 0.0710. The Morgan fingerprint density at radius 2 is 1.89 bits per heavy atom. The van der Waals surface area contributed by atoms with Gasteiger partial charge in [0.05, 0.1) is 36.8 Å². The van der Waals surface area contributed by atoms with Crippen LogP contribution in [0.1, 0.15) is 71.5 Å². The van der Waals surface area contributed by atoms with Gasteiger partial charge in [-0.25, -0.2) is 0 Å². The fraction of sp³-hybridized carbons (Fsp3) is 0.448. The number of aryl methyl sites for hydroxylation is 2. The van der Waals surface area contributed by atoms with Crippen molar-refractivity contribution in [1.29, 1.82) is 0 Å². The Bertz CT molecular complexity index is 1350. The van der Waals surface area contributed by atoms with Crippen LogP contribution in [0.2, 0.25) is 0 Å². The summed E-state index contributed by atoms with van der Waals surface area (Å²) < 4.78 is 23.5. The third-order valence-electron chi connectivity index (χ3n) is 7.27. The van der Waals surface area contributed by atoms with Crippen molar-refractivity contribution in [2.24, 2.45) is 0 Å². The summed E-state index contributed by atoms with van der Waals surface area (Å²) in [4.78, 5) is 29.3. The summed E-state index contributed by atoms with van der Waals surface area (Å²) in [5.74, 6) is 1.03. The number of amides is 1. The highest BCUT2D eigenvalue weighted by molar-refractivity contribution is 5.99. The molecule has 3 aromatic rings. The highest BCUT2D eigenvalue weighted by Crippen LogP contribution is 2.41. The minimum Gasteiger partial charge on any atom is -0.493 e. The summed E-state index contributed by atoms with van der Waals surface area (Å²) in [6.07, 6.45) is 3.74. The van der Waals surface area contributed by atoms with Crippen LogP contribution in [0.5, 0.6) is 11.5 Å². The maximum absolute atomic E-state index is 13.9. The number of ether oxygens (including phenoxy) is 3. The Labute approximate surface area is 210 Å². The van der Waals surface area contributed by atoms with E-state index >= 15 is 0 Å². The number of benzene rings is 2. The zero-order valence-electron chi connectivity index (χ0n) is 21.4. The number of fused-ring (bicyclic) bond motifs is 2. The average Bonchev–Trinajstić information content (AvgIpc) is 3.48. The zero-order valence-corrected chi connectivity index (χ0v) is 21.4. The van der Waals surface area contributed by atoms with Crippen LogP contribution in [0, 0.1) is 13.8 Å².